The molecule has 8 heteroatoms. The number of sulfonamides is 1. The van der Waals surface area contributed by atoms with Gasteiger partial charge < -0.3 is 10.6 Å². The number of hydrogen-bond acceptors (Lipinski definition) is 4. The van der Waals surface area contributed by atoms with Crippen LogP contribution < -0.4 is 15.4 Å². The van der Waals surface area contributed by atoms with Crippen LogP contribution in [0.4, 0.5) is 0 Å². The van der Waals surface area contributed by atoms with E-state index in [0.717, 1.165) is 12.5 Å². The lowest BCUT2D eigenvalue weighted by molar-refractivity contribution is 0.518. The molecule has 0 bridgehead atoms. The summed E-state index contributed by atoms with van der Waals surface area (Å²) in [6, 6.07) is 4.20. The molecule has 1 aromatic heterocycles. The molecule has 132 valence electrons. The van der Waals surface area contributed by atoms with Crippen LogP contribution in [0.2, 0.25) is 0 Å². The molecule has 0 saturated carbocycles. The molecule has 0 atom stereocenters. The van der Waals surface area contributed by atoms with E-state index in [-0.39, 0.29) is 11.2 Å². The lowest BCUT2D eigenvalue weighted by atomic mass is 9.91. The van der Waals surface area contributed by atoms with Crippen LogP contribution in [0.15, 0.2) is 22.5 Å². The second-order valence-electron chi connectivity index (χ2n) is 5.87. The average molecular weight is 361 g/mol. The first kappa shape index (κ1) is 19.9. The molecule has 0 aliphatic rings. The van der Waals surface area contributed by atoms with E-state index in [2.05, 4.69) is 51.7 Å². The normalized spacial score (nSPS) is 13.1. The molecule has 0 unspecified atom stereocenters. The van der Waals surface area contributed by atoms with Crippen molar-refractivity contribution >= 4 is 27.3 Å². The predicted molar refractivity (Wildman–Crippen MR) is 98.8 cm³/mol. The zero-order valence-electron chi connectivity index (χ0n) is 14.3. The zero-order valence-corrected chi connectivity index (χ0v) is 16.0. The Morgan fingerprint density at radius 2 is 2.04 bits per heavy atom. The van der Waals surface area contributed by atoms with Gasteiger partial charge in [0.15, 0.2) is 5.96 Å². The van der Waals surface area contributed by atoms with Crippen molar-refractivity contribution in [1.29, 1.82) is 0 Å². The second-order valence-corrected chi connectivity index (χ2v) is 8.91. The Balaban J connectivity index is 2.30. The number of guanidine groups is 1. The van der Waals surface area contributed by atoms with Crippen molar-refractivity contribution in [1.82, 2.24) is 15.4 Å². The van der Waals surface area contributed by atoms with E-state index in [1.165, 1.54) is 4.88 Å². The highest BCUT2D eigenvalue weighted by Gasteiger charge is 2.21. The number of nitrogens with one attached hydrogen (secondary N) is 3. The summed E-state index contributed by atoms with van der Waals surface area (Å²) < 4.78 is 25.2. The quantitative estimate of drug-likeness (QED) is 0.354. The highest BCUT2D eigenvalue weighted by Crippen LogP contribution is 2.26. The van der Waals surface area contributed by atoms with Gasteiger partial charge in [-0.25, -0.2) is 13.1 Å². The molecule has 0 aliphatic heterocycles. The Morgan fingerprint density at radius 3 is 2.61 bits per heavy atom. The molecular weight excluding hydrogens is 332 g/mol. The minimum absolute atomic E-state index is 0.0303. The third kappa shape index (κ3) is 7.32. The zero-order chi connectivity index (χ0) is 17.3. The van der Waals surface area contributed by atoms with Gasteiger partial charge >= 0.3 is 0 Å². The van der Waals surface area contributed by atoms with Gasteiger partial charge in [-0.15, -0.1) is 11.3 Å². The molecule has 0 fully saturated rings. The molecule has 0 spiro atoms. The first-order valence-corrected chi connectivity index (χ1v) is 10.3. The molecule has 3 N–H and O–H groups in total. The van der Waals surface area contributed by atoms with Crippen LogP contribution in [-0.2, 0) is 15.4 Å². The summed E-state index contributed by atoms with van der Waals surface area (Å²) in [4.78, 5) is 5.52. The van der Waals surface area contributed by atoms with Gasteiger partial charge in [-0.2, -0.15) is 0 Å². The van der Waals surface area contributed by atoms with Gasteiger partial charge in [-0.1, -0.05) is 19.9 Å². The third-order valence-corrected chi connectivity index (χ3v) is 6.10. The first-order chi connectivity index (χ1) is 10.8. The largest absolute Gasteiger partial charge is 0.356 e. The van der Waals surface area contributed by atoms with E-state index in [0.29, 0.717) is 19.5 Å². The molecule has 0 radical (unpaired) electrons. The Bertz CT molecular complexity index is 581. The first-order valence-electron chi connectivity index (χ1n) is 7.76. The Kier molecular flexibility index (Phi) is 8.01. The summed E-state index contributed by atoms with van der Waals surface area (Å²) in [7, 11) is -1.37. The number of rotatable bonds is 9. The molecule has 0 saturated heterocycles. The van der Waals surface area contributed by atoms with Gasteiger partial charge in [0.25, 0.3) is 0 Å². The predicted octanol–water partition coefficient (Wildman–Crippen LogP) is 1.52. The van der Waals surface area contributed by atoms with Crippen molar-refractivity contribution in [3.05, 3.63) is 22.4 Å². The van der Waals surface area contributed by atoms with Gasteiger partial charge in [0.05, 0.1) is 5.75 Å². The van der Waals surface area contributed by atoms with Crippen LogP contribution in [0.3, 0.4) is 0 Å². The van der Waals surface area contributed by atoms with Crippen LogP contribution in [0.1, 0.15) is 32.1 Å². The maximum atomic E-state index is 11.3. The number of hydrogen-bond donors (Lipinski definition) is 3. The fraction of sp³-hybridized carbons (Fsp3) is 0.667. The molecule has 1 aromatic rings. The van der Waals surface area contributed by atoms with E-state index >= 15 is 0 Å². The van der Waals surface area contributed by atoms with Crippen molar-refractivity contribution in [2.24, 2.45) is 4.99 Å². The van der Waals surface area contributed by atoms with Crippen molar-refractivity contribution in [2.75, 3.05) is 32.4 Å². The highest BCUT2D eigenvalue weighted by molar-refractivity contribution is 7.89. The van der Waals surface area contributed by atoms with Crippen molar-refractivity contribution in [3.63, 3.8) is 0 Å². The van der Waals surface area contributed by atoms with Crippen LogP contribution in [-0.4, -0.2) is 46.8 Å². The third-order valence-electron chi connectivity index (χ3n) is 3.46. The molecule has 1 heterocycles. The van der Waals surface area contributed by atoms with Crippen LogP contribution in [0.5, 0.6) is 0 Å². The smallest absolute Gasteiger partial charge is 0.211 e. The lowest BCUT2D eigenvalue weighted by Crippen LogP contribution is -2.43. The van der Waals surface area contributed by atoms with Crippen LogP contribution >= 0.6 is 11.3 Å². The van der Waals surface area contributed by atoms with Gasteiger partial charge in [-0.3, -0.25) is 4.99 Å². The Morgan fingerprint density at radius 1 is 1.30 bits per heavy atom. The fourth-order valence-corrected chi connectivity index (χ4v) is 3.41. The van der Waals surface area contributed by atoms with Gasteiger partial charge in [-0.05, 0) is 24.8 Å². The summed E-state index contributed by atoms with van der Waals surface area (Å²) in [5.41, 5.74) is 0.0303. The maximum absolute atomic E-state index is 11.3. The topological polar surface area (TPSA) is 82.6 Å². The second kappa shape index (κ2) is 9.24. The maximum Gasteiger partial charge on any atom is 0.211 e. The Hall–Kier alpha value is -1.12. The standard InChI is InChI=1S/C15H28N4O2S2/c1-5-23(20,21)19-10-7-9-17-14(16-4)18-12-15(2,3)13-8-6-11-22-13/h6,8,11,19H,5,7,9-10,12H2,1-4H3,(H2,16,17,18). The molecule has 0 aliphatic carbocycles. The van der Waals surface area contributed by atoms with Crippen LogP contribution in [0.25, 0.3) is 0 Å². The summed E-state index contributed by atoms with van der Waals surface area (Å²) in [5, 5.41) is 8.61. The van der Waals surface area contributed by atoms with E-state index in [4.69, 9.17) is 0 Å². The molecule has 0 amide bonds. The van der Waals surface area contributed by atoms with Crippen molar-refractivity contribution in [3.8, 4) is 0 Å². The van der Waals surface area contributed by atoms with E-state index < -0.39 is 10.0 Å². The summed E-state index contributed by atoms with van der Waals surface area (Å²) in [6.07, 6.45) is 0.703. The molecule has 0 aromatic carbocycles. The molecular formula is C15H28N4O2S2. The van der Waals surface area contributed by atoms with Gasteiger partial charge in [0.2, 0.25) is 10.0 Å². The summed E-state index contributed by atoms with van der Waals surface area (Å²) in [6.45, 7) is 7.88. The summed E-state index contributed by atoms with van der Waals surface area (Å²) >= 11 is 1.75. The van der Waals surface area contributed by atoms with Gasteiger partial charge in [0.1, 0.15) is 0 Å². The lowest BCUT2D eigenvalue weighted by Gasteiger charge is -2.25. The van der Waals surface area contributed by atoms with Gasteiger partial charge in [0, 0.05) is 37.0 Å². The molecule has 6 nitrogen and oxygen atoms in total. The van der Waals surface area contributed by atoms with Crippen molar-refractivity contribution < 1.29 is 8.42 Å². The minimum Gasteiger partial charge on any atom is -0.356 e. The van der Waals surface area contributed by atoms with Crippen LogP contribution in [0, 0.1) is 0 Å². The minimum atomic E-state index is -3.10. The number of thiophene rings is 1. The monoisotopic (exact) mass is 360 g/mol. The number of nitrogens with zero attached hydrogens (tertiary/aromatic N) is 1. The average Bonchev–Trinajstić information content (AvgIpc) is 3.05. The molecule has 23 heavy (non-hydrogen) atoms. The van der Waals surface area contributed by atoms with E-state index in [9.17, 15) is 8.42 Å². The Labute approximate surface area is 143 Å². The number of aliphatic imine (C=N–C) groups is 1. The fourth-order valence-electron chi connectivity index (χ4n) is 1.90. The van der Waals surface area contributed by atoms with E-state index in [1.54, 1.807) is 25.3 Å². The molecule has 1 rings (SSSR count). The SMILES string of the molecule is CCS(=O)(=O)NCCCNC(=NC)NCC(C)(C)c1cccs1. The van der Waals surface area contributed by atoms with E-state index in [1.807, 2.05) is 0 Å². The van der Waals surface area contributed by atoms with Crippen molar-refractivity contribution in [2.45, 2.75) is 32.6 Å². The highest BCUT2D eigenvalue weighted by atomic mass is 32.2. The summed E-state index contributed by atoms with van der Waals surface area (Å²) in [5.74, 6) is 0.842.